The Labute approximate surface area is 174 Å². The Balaban J connectivity index is 1.85. The number of fused-ring (bicyclic) bond motifs is 3. The van der Waals surface area contributed by atoms with Gasteiger partial charge in [-0.15, -0.1) is 11.8 Å². The van der Waals surface area contributed by atoms with Gasteiger partial charge in [0.1, 0.15) is 23.5 Å². The number of rotatable bonds is 5. The molecule has 0 radical (unpaired) electrons. The molecule has 4 rings (SSSR count). The van der Waals surface area contributed by atoms with Crippen LogP contribution in [-0.2, 0) is 0 Å². The Bertz CT molecular complexity index is 864. The first kappa shape index (κ1) is 20.0. The monoisotopic (exact) mass is 423 g/mol. The molecule has 0 amide bonds. The maximum absolute atomic E-state index is 14.6. The quantitative estimate of drug-likeness (QED) is 0.562. The van der Waals surface area contributed by atoms with Gasteiger partial charge in [-0.05, 0) is 55.6 Å². The Morgan fingerprint density at radius 3 is 2.57 bits per heavy atom. The fraction of sp³-hybridized carbons (Fsp3) is 0.455. The molecule has 0 bridgehead atoms. The van der Waals surface area contributed by atoms with Crippen molar-refractivity contribution in [2.75, 3.05) is 13.1 Å². The van der Waals surface area contributed by atoms with Gasteiger partial charge in [0, 0.05) is 28.3 Å². The van der Waals surface area contributed by atoms with Crippen molar-refractivity contribution in [3.05, 3.63) is 46.5 Å². The van der Waals surface area contributed by atoms with Crippen LogP contribution in [0.2, 0.25) is 5.02 Å². The van der Waals surface area contributed by atoms with E-state index in [2.05, 4.69) is 19.2 Å². The highest BCUT2D eigenvalue weighted by Gasteiger charge is 2.38. The molecule has 2 aromatic rings. The molecule has 1 saturated heterocycles. The van der Waals surface area contributed by atoms with Gasteiger partial charge in [-0.25, -0.2) is 8.78 Å². The third-order valence-electron chi connectivity index (χ3n) is 5.67. The third-order valence-corrected chi connectivity index (χ3v) is 7.45. The average Bonchev–Trinajstić information content (AvgIpc) is 3.04. The Kier molecular flexibility index (Phi) is 5.86. The van der Waals surface area contributed by atoms with Gasteiger partial charge >= 0.3 is 0 Å². The molecule has 150 valence electrons. The van der Waals surface area contributed by atoms with Crippen molar-refractivity contribution >= 4 is 23.4 Å². The van der Waals surface area contributed by atoms with E-state index in [-0.39, 0.29) is 22.6 Å². The number of hydrogen-bond donors (Lipinski definition) is 1. The summed E-state index contributed by atoms with van der Waals surface area (Å²) in [7, 11) is 0. The number of thioether (sulfide) groups is 1. The molecule has 2 atom stereocenters. The molecule has 2 heterocycles. The van der Waals surface area contributed by atoms with Gasteiger partial charge in [-0.2, -0.15) is 0 Å². The largest absolute Gasteiger partial charge is 0.488 e. The van der Waals surface area contributed by atoms with Crippen LogP contribution in [0.15, 0.2) is 29.2 Å². The van der Waals surface area contributed by atoms with E-state index in [1.165, 1.54) is 12.1 Å². The Hall–Kier alpha value is -1.30. The third kappa shape index (κ3) is 3.64. The SMILES string of the molecule is CCC(CC)Sc1cc(-c2c(F)cc(Cl)cc2F)cc2c1OC1CCNCC21. The molecule has 0 aliphatic carbocycles. The zero-order valence-electron chi connectivity index (χ0n) is 16.0. The van der Waals surface area contributed by atoms with Crippen LogP contribution in [0.4, 0.5) is 8.78 Å². The van der Waals surface area contributed by atoms with Crippen molar-refractivity contribution in [1.82, 2.24) is 5.32 Å². The smallest absolute Gasteiger partial charge is 0.137 e. The van der Waals surface area contributed by atoms with Crippen LogP contribution >= 0.6 is 23.4 Å². The molecule has 2 aromatic carbocycles. The second kappa shape index (κ2) is 8.21. The van der Waals surface area contributed by atoms with Crippen LogP contribution in [0.25, 0.3) is 11.1 Å². The molecule has 1 N–H and O–H groups in total. The van der Waals surface area contributed by atoms with Crippen LogP contribution in [0.1, 0.15) is 44.6 Å². The Morgan fingerprint density at radius 2 is 1.89 bits per heavy atom. The van der Waals surface area contributed by atoms with Gasteiger partial charge in [-0.1, -0.05) is 25.4 Å². The van der Waals surface area contributed by atoms with Gasteiger partial charge in [-0.3, -0.25) is 0 Å². The summed E-state index contributed by atoms with van der Waals surface area (Å²) in [6.45, 7) is 6.07. The molecular weight excluding hydrogens is 400 g/mol. The molecule has 0 saturated carbocycles. The zero-order valence-corrected chi connectivity index (χ0v) is 17.6. The lowest BCUT2D eigenvalue weighted by Crippen LogP contribution is -2.37. The molecule has 2 aliphatic heterocycles. The normalized spacial score (nSPS) is 20.8. The molecule has 2 nitrogen and oxygen atoms in total. The molecule has 2 aliphatic rings. The van der Waals surface area contributed by atoms with Crippen LogP contribution < -0.4 is 10.1 Å². The van der Waals surface area contributed by atoms with E-state index in [0.717, 1.165) is 48.6 Å². The van der Waals surface area contributed by atoms with Gasteiger partial charge in [0.15, 0.2) is 0 Å². The first-order valence-electron chi connectivity index (χ1n) is 9.88. The number of halogens is 3. The molecule has 6 heteroatoms. The molecule has 1 fully saturated rings. The molecule has 0 spiro atoms. The molecular formula is C22H24ClF2NOS. The summed E-state index contributed by atoms with van der Waals surface area (Å²) in [4.78, 5) is 0.976. The highest BCUT2D eigenvalue weighted by Crippen LogP contribution is 2.49. The second-order valence-corrected chi connectivity index (χ2v) is 9.23. The van der Waals surface area contributed by atoms with Crippen molar-refractivity contribution in [3.8, 4) is 16.9 Å². The summed E-state index contributed by atoms with van der Waals surface area (Å²) in [5, 5.41) is 3.91. The maximum Gasteiger partial charge on any atom is 0.137 e. The standard InChI is InChI=1S/C22H24ClF2NOS/c1-3-14(4-2)28-20-8-12(21-17(24)9-13(23)10-18(21)25)7-15-16-11-26-6-5-19(16)27-22(15)20/h7-10,14,16,19,26H,3-6,11H2,1-2H3. The summed E-state index contributed by atoms with van der Waals surface area (Å²) in [6.07, 6.45) is 3.12. The number of hydrogen-bond acceptors (Lipinski definition) is 3. The Morgan fingerprint density at radius 1 is 1.18 bits per heavy atom. The fourth-order valence-corrected chi connectivity index (χ4v) is 5.50. The van der Waals surface area contributed by atoms with Gasteiger partial charge in [0.2, 0.25) is 0 Å². The number of nitrogens with one attached hydrogen (secondary N) is 1. The average molecular weight is 424 g/mol. The van der Waals surface area contributed by atoms with Crippen molar-refractivity contribution < 1.29 is 13.5 Å². The van der Waals surface area contributed by atoms with Crippen LogP contribution in [0.5, 0.6) is 5.75 Å². The summed E-state index contributed by atoms with van der Waals surface area (Å²) >= 11 is 7.57. The number of ether oxygens (including phenoxy) is 1. The maximum atomic E-state index is 14.6. The van der Waals surface area contributed by atoms with E-state index < -0.39 is 11.6 Å². The minimum absolute atomic E-state index is 0.0224. The van der Waals surface area contributed by atoms with Crippen molar-refractivity contribution in [3.63, 3.8) is 0 Å². The summed E-state index contributed by atoms with van der Waals surface area (Å²) in [5.41, 5.74) is 1.58. The topological polar surface area (TPSA) is 21.3 Å². The van der Waals surface area contributed by atoms with E-state index in [9.17, 15) is 8.78 Å². The molecule has 2 unspecified atom stereocenters. The fourth-order valence-electron chi connectivity index (χ4n) is 4.15. The van der Waals surface area contributed by atoms with Gasteiger partial charge in [0.25, 0.3) is 0 Å². The highest BCUT2D eigenvalue weighted by atomic mass is 35.5. The predicted octanol–water partition coefficient (Wildman–Crippen LogP) is 6.40. The lowest BCUT2D eigenvalue weighted by atomic mass is 9.89. The van der Waals surface area contributed by atoms with Gasteiger partial charge in [0.05, 0.1) is 10.5 Å². The minimum atomic E-state index is -0.638. The van der Waals surface area contributed by atoms with Crippen molar-refractivity contribution in [2.24, 2.45) is 0 Å². The first-order valence-corrected chi connectivity index (χ1v) is 11.1. The van der Waals surface area contributed by atoms with Crippen LogP contribution in [0, 0.1) is 11.6 Å². The predicted molar refractivity (Wildman–Crippen MR) is 112 cm³/mol. The van der Waals surface area contributed by atoms with Crippen LogP contribution in [-0.4, -0.2) is 24.4 Å². The second-order valence-electron chi connectivity index (χ2n) is 7.45. The van der Waals surface area contributed by atoms with E-state index >= 15 is 0 Å². The van der Waals surface area contributed by atoms with Crippen molar-refractivity contribution in [2.45, 2.75) is 55.3 Å². The molecule has 0 aromatic heterocycles. The lowest BCUT2D eigenvalue weighted by Gasteiger charge is -2.24. The lowest BCUT2D eigenvalue weighted by molar-refractivity contribution is 0.169. The number of piperidine rings is 1. The van der Waals surface area contributed by atoms with Crippen LogP contribution in [0.3, 0.4) is 0 Å². The van der Waals surface area contributed by atoms with E-state index in [0.29, 0.717) is 10.8 Å². The zero-order chi connectivity index (χ0) is 19.8. The van der Waals surface area contributed by atoms with Gasteiger partial charge < -0.3 is 10.1 Å². The summed E-state index contributed by atoms with van der Waals surface area (Å²) in [6, 6.07) is 6.12. The highest BCUT2D eigenvalue weighted by molar-refractivity contribution is 8.00. The first-order chi connectivity index (χ1) is 13.5. The summed E-state index contributed by atoms with van der Waals surface area (Å²) in [5.74, 6) is -0.168. The van der Waals surface area contributed by atoms with Crippen molar-refractivity contribution in [1.29, 1.82) is 0 Å². The molecule has 28 heavy (non-hydrogen) atoms. The summed E-state index contributed by atoms with van der Waals surface area (Å²) < 4.78 is 35.6. The van der Waals surface area contributed by atoms with E-state index in [1.807, 2.05) is 12.1 Å². The van der Waals surface area contributed by atoms with E-state index in [4.69, 9.17) is 16.3 Å². The number of benzene rings is 2. The van der Waals surface area contributed by atoms with E-state index in [1.54, 1.807) is 11.8 Å². The minimum Gasteiger partial charge on any atom is -0.488 e.